The molecule has 0 aliphatic carbocycles. The maximum atomic E-state index is 12.1. The summed E-state index contributed by atoms with van der Waals surface area (Å²) < 4.78 is 5.81. The van der Waals surface area contributed by atoms with Crippen LogP contribution in [0.2, 0.25) is 0 Å². The molecule has 0 unspecified atom stereocenters. The number of nitrogens with zero attached hydrogens (tertiary/aromatic N) is 2. The lowest BCUT2D eigenvalue weighted by molar-refractivity contribution is 0.0522. The van der Waals surface area contributed by atoms with Crippen LogP contribution in [0.4, 0.5) is 5.95 Å². The van der Waals surface area contributed by atoms with Gasteiger partial charge in [0.1, 0.15) is 5.75 Å². The Morgan fingerprint density at radius 2 is 2.04 bits per heavy atom. The van der Waals surface area contributed by atoms with Gasteiger partial charge in [-0.25, -0.2) is 14.8 Å². The van der Waals surface area contributed by atoms with Gasteiger partial charge in [-0.15, -0.1) is 11.3 Å². The van der Waals surface area contributed by atoms with Crippen LogP contribution in [0.1, 0.15) is 23.0 Å². The highest BCUT2D eigenvalue weighted by Gasteiger charge is 2.17. The molecule has 2 N–H and O–H groups in total. The van der Waals surface area contributed by atoms with Gasteiger partial charge in [-0.2, -0.15) is 0 Å². The Morgan fingerprint density at radius 3 is 2.79 bits per heavy atom. The minimum absolute atomic E-state index is 0.247. The first-order valence-corrected chi connectivity index (χ1v) is 8.49. The number of esters is 1. The number of phenols is 1. The first-order chi connectivity index (χ1) is 11.7. The normalized spacial score (nSPS) is 10.7. The van der Waals surface area contributed by atoms with E-state index in [-0.39, 0.29) is 5.75 Å². The van der Waals surface area contributed by atoms with Crippen LogP contribution in [0.15, 0.2) is 35.7 Å². The molecular weight excluding hydrogens is 326 g/mol. The summed E-state index contributed by atoms with van der Waals surface area (Å²) in [5.41, 5.74) is 2.11. The van der Waals surface area contributed by atoms with Crippen LogP contribution >= 0.6 is 11.3 Å². The molecule has 0 spiro atoms. The van der Waals surface area contributed by atoms with Crippen molar-refractivity contribution in [3.63, 3.8) is 0 Å². The summed E-state index contributed by atoms with van der Waals surface area (Å²) >= 11 is 1.42. The van der Waals surface area contributed by atoms with E-state index in [0.29, 0.717) is 24.8 Å². The first-order valence-electron chi connectivity index (χ1n) is 7.61. The molecule has 0 bridgehead atoms. The molecule has 3 aromatic rings. The summed E-state index contributed by atoms with van der Waals surface area (Å²) in [6.07, 6.45) is 0.750. The van der Waals surface area contributed by atoms with Gasteiger partial charge in [-0.3, -0.25) is 0 Å². The van der Waals surface area contributed by atoms with Gasteiger partial charge in [0, 0.05) is 6.54 Å². The molecule has 3 rings (SSSR count). The van der Waals surface area contributed by atoms with Crippen molar-refractivity contribution in [3.8, 4) is 5.75 Å². The monoisotopic (exact) mass is 343 g/mol. The fourth-order valence-corrected chi connectivity index (χ4v) is 3.07. The molecular formula is C17H17N3O3S. The highest BCUT2D eigenvalue weighted by Crippen LogP contribution is 2.24. The molecule has 2 heterocycles. The number of phenolic OH excluding ortho intramolecular Hbond substituents is 1. The van der Waals surface area contributed by atoms with Crippen molar-refractivity contribution in [3.05, 3.63) is 47.0 Å². The summed E-state index contributed by atoms with van der Waals surface area (Å²) in [7, 11) is 0. The molecule has 124 valence electrons. The molecule has 0 aliphatic rings. The third-order valence-electron chi connectivity index (χ3n) is 3.41. The molecule has 7 heteroatoms. The van der Waals surface area contributed by atoms with E-state index >= 15 is 0 Å². The Hall–Kier alpha value is -2.67. The van der Waals surface area contributed by atoms with E-state index in [9.17, 15) is 9.90 Å². The zero-order chi connectivity index (χ0) is 16.9. The predicted molar refractivity (Wildman–Crippen MR) is 93.7 cm³/mol. The number of aromatic hydroxyl groups is 1. The average Bonchev–Trinajstić information content (AvgIpc) is 3.04. The van der Waals surface area contributed by atoms with Gasteiger partial charge < -0.3 is 15.2 Å². The van der Waals surface area contributed by atoms with E-state index in [4.69, 9.17) is 4.74 Å². The average molecular weight is 343 g/mol. The van der Waals surface area contributed by atoms with Crippen LogP contribution in [0.3, 0.4) is 0 Å². The summed E-state index contributed by atoms with van der Waals surface area (Å²) in [6, 6.07) is 8.90. The van der Waals surface area contributed by atoms with Gasteiger partial charge >= 0.3 is 5.97 Å². The molecule has 0 fully saturated rings. The molecule has 1 aromatic carbocycles. The smallest absolute Gasteiger partial charge is 0.358 e. The second-order valence-electron chi connectivity index (χ2n) is 5.09. The van der Waals surface area contributed by atoms with Gasteiger partial charge in [0.25, 0.3) is 0 Å². The number of benzene rings is 1. The summed E-state index contributed by atoms with van der Waals surface area (Å²) in [5.74, 6) is 0.216. The lowest BCUT2D eigenvalue weighted by Crippen LogP contribution is -2.12. The highest BCUT2D eigenvalue weighted by molar-refractivity contribution is 7.17. The Morgan fingerprint density at radius 1 is 1.25 bits per heavy atom. The molecule has 2 aromatic heterocycles. The van der Waals surface area contributed by atoms with Crippen LogP contribution in [0.5, 0.6) is 5.75 Å². The van der Waals surface area contributed by atoms with Crippen molar-refractivity contribution in [1.29, 1.82) is 0 Å². The van der Waals surface area contributed by atoms with Crippen LogP contribution in [-0.4, -0.2) is 34.2 Å². The number of carbonyl (C=O) groups excluding carboxylic acids is 1. The molecule has 0 atom stereocenters. The van der Waals surface area contributed by atoms with Crippen LogP contribution < -0.4 is 5.32 Å². The minimum atomic E-state index is -0.436. The molecule has 0 radical (unpaired) electrons. The highest BCUT2D eigenvalue weighted by atomic mass is 32.1. The van der Waals surface area contributed by atoms with Crippen molar-refractivity contribution in [2.75, 3.05) is 18.5 Å². The lowest BCUT2D eigenvalue weighted by atomic mass is 10.1. The number of ether oxygens (including phenoxy) is 1. The lowest BCUT2D eigenvalue weighted by Gasteiger charge is -2.08. The number of fused-ring (bicyclic) bond motifs is 1. The van der Waals surface area contributed by atoms with Crippen molar-refractivity contribution in [2.45, 2.75) is 13.3 Å². The molecule has 6 nitrogen and oxygen atoms in total. The zero-order valence-corrected chi connectivity index (χ0v) is 14.0. The number of nitrogens with one attached hydrogen (secondary N) is 1. The first kappa shape index (κ1) is 16.2. The number of aromatic nitrogens is 2. The van der Waals surface area contributed by atoms with Gasteiger partial charge in [-0.05, 0) is 42.5 Å². The second-order valence-corrected chi connectivity index (χ2v) is 6.01. The molecule has 24 heavy (non-hydrogen) atoms. The van der Waals surface area contributed by atoms with Gasteiger partial charge in [0.05, 0.1) is 16.8 Å². The largest absolute Gasteiger partial charge is 0.508 e. The minimum Gasteiger partial charge on any atom is -0.508 e. The van der Waals surface area contributed by atoms with Crippen LogP contribution in [0, 0.1) is 0 Å². The van der Waals surface area contributed by atoms with Crippen molar-refractivity contribution in [2.24, 2.45) is 0 Å². The number of carbonyl (C=O) groups is 1. The quantitative estimate of drug-likeness (QED) is 0.669. The zero-order valence-electron chi connectivity index (χ0n) is 13.2. The van der Waals surface area contributed by atoms with E-state index in [1.807, 2.05) is 23.6 Å². The van der Waals surface area contributed by atoms with Gasteiger partial charge in [0.2, 0.25) is 5.95 Å². The fraction of sp³-hybridized carbons (Fsp3) is 0.235. The summed E-state index contributed by atoms with van der Waals surface area (Å²) in [6.45, 7) is 2.68. The Balaban J connectivity index is 1.74. The molecule has 0 aliphatic heterocycles. The Labute approximate surface area is 143 Å². The Kier molecular flexibility index (Phi) is 4.90. The molecule has 0 saturated carbocycles. The van der Waals surface area contributed by atoms with Crippen LogP contribution in [-0.2, 0) is 11.2 Å². The number of rotatable bonds is 6. The van der Waals surface area contributed by atoms with Gasteiger partial charge in [-0.1, -0.05) is 12.1 Å². The number of thiophene rings is 1. The van der Waals surface area contributed by atoms with E-state index in [1.54, 1.807) is 19.1 Å². The Bertz CT molecular complexity index is 846. The van der Waals surface area contributed by atoms with E-state index in [1.165, 1.54) is 11.3 Å². The summed E-state index contributed by atoms with van der Waals surface area (Å²) in [5, 5.41) is 14.3. The van der Waals surface area contributed by atoms with Crippen molar-refractivity contribution < 1.29 is 14.6 Å². The number of hydrogen-bond donors (Lipinski definition) is 2. The second kappa shape index (κ2) is 7.27. The number of anilines is 1. The van der Waals surface area contributed by atoms with Gasteiger partial charge in [0.15, 0.2) is 5.69 Å². The van der Waals surface area contributed by atoms with Crippen molar-refractivity contribution in [1.82, 2.24) is 9.97 Å². The maximum Gasteiger partial charge on any atom is 0.358 e. The molecule has 0 saturated heterocycles. The predicted octanol–water partition coefficient (Wildman–Crippen LogP) is 3.23. The fourth-order valence-electron chi connectivity index (χ4n) is 2.26. The topological polar surface area (TPSA) is 84.3 Å². The SMILES string of the molecule is CCOC(=O)c1nc(NCCc2ccc(O)cc2)nc2ccsc12. The summed E-state index contributed by atoms with van der Waals surface area (Å²) in [4.78, 5) is 20.8. The van der Waals surface area contributed by atoms with E-state index in [0.717, 1.165) is 22.2 Å². The number of hydrogen-bond acceptors (Lipinski definition) is 7. The van der Waals surface area contributed by atoms with E-state index in [2.05, 4.69) is 15.3 Å². The van der Waals surface area contributed by atoms with E-state index < -0.39 is 5.97 Å². The third kappa shape index (κ3) is 3.62. The standard InChI is InChI=1S/C17H17N3O3S/c1-2-23-16(22)14-15-13(8-10-24-15)19-17(20-14)18-9-7-11-3-5-12(21)6-4-11/h3-6,8,10,21H,2,7,9H2,1H3,(H,18,19,20). The van der Waals surface area contributed by atoms with Crippen molar-refractivity contribution >= 4 is 33.5 Å². The third-order valence-corrected chi connectivity index (χ3v) is 4.32. The van der Waals surface area contributed by atoms with Crippen LogP contribution in [0.25, 0.3) is 10.2 Å². The maximum absolute atomic E-state index is 12.1. The molecule has 0 amide bonds.